The van der Waals surface area contributed by atoms with Gasteiger partial charge in [0.05, 0.1) is 29.8 Å². The van der Waals surface area contributed by atoms with E-state index in [1.54, 1.807) is 0 Å². The molecule has 0 radical (unpaired) electrons. The summed E-state index contributed by atoms with van der Waals surface area (Å²) in [6, 6.07) is 12.5. The first-order valence-corrected chi connectivity index (χ1v) is 8.01. The zero-order valence-electron chi connectivity index (χ0n) is 12.9. The molecule has 0 fully saturated rings. The molecular weight excluding hydrogens is 328 g/mol. The number of fused-ring (bicyclic) bond motifs is 1. The third-order valence-corrected chi connectivity index (χ3v) is 4.32. The summed E-state index contributed by atoms with van der Waals surface area (Å²) in [4.78, 5) is 23.6. The van der Waals surface area contributed by atoms with E-state index in [4.69, 9.17) is 22.1 Å². The molecule has 3 rings (SSSR count). The standard InChI is InChI=1S/C18H17ClN2O3/c19-14-6-5-12(18(20)23)9-15(14)21-17(22)10-16-13-4-2-1-3-11(13)7-8-24-16/h1-6,9,16H,7-8,10H2,(H2,20,23)(H,21,22)/t16-/m0/s1. The molecule has 0 saturated carbocycles. The summed E-state index contributed by atoms with van der Waals surface area (Å²) in [6.45, 7) is 0.590. The number of carbonyl (C=O) groups is 2. The fraction of sp³-hybridized carbons (Fsp3) is 0.222. The number of hydrogen-bond acceptors (Lipinski definition) is 3. The van der Waals surface area contributed by atoms with Crippen LogP contribution in [-0.2, 0) is 16.0 Å². The Labute approximate surface area is 144 Å². The highest BCUT2D eigenvalue weighted by Gasteiger charge is 2.23. The highest BCUT2D eigenvalue weighted by molar-refractivity contribution is 6.33. The number of ether oxygens (including phenoxy) is 1. The van der Waals surface area contributed by atoms with Gasteiger partial charge in [-0.05, 0) is 35.7 Å². The average molecular weight is 345 g/mol. The molecule has 0 unspecified atom stereocenters. The first-order valence-electron chi connectivity index (χ1n) is 7.63. The van der Waals surface area contributed by atoms with Crippen LogP contribution in [0.3, 0.4) is 0 Å². The van der Waals surface area contributed by atoms with Crippen molar-refractivity contribution in [3.8, 4) is 0 Å². The quantitative estimate of drug-likeness (QED) is 0.894. The normalized spacial score (nSPS) is 16.3. The van der Waals surface area contributed by atoms with Crippen LogP contribution in [-0.4, -0.2) is 18.4 Å². The molecule has 0 bridgehead atoms. The van der Waals surface area contributed by atoms with Gasteiger partial charge in [-0.2, -0.15) is 0 Å². The van der Waals surface area contributed by atoms with Gasteiger partial charge in [0.2, 0.25) is 11.8 Å². The molecule has 3 N–H and O–H groups in total. The minimum atomic E-state index is -0.577. The largest absolute Gasteiger partial charge is 0.373 e. The van der Waals surface area contributed by atoms with Crippen molar-refractivity contribution < 1.29 is 14.3 Å². The van der Waals surface area contributed by atoms with Gasteiger partial charge >= 0.3 is 0 Å². The molecule has 5 nitrogen and oxygen atoms in total. The van der Waals surface area contributed by atoms with Gasteiger partial charge in [-0.25, -0.2) is 0 Å². The number of primary amides is 1. The summed E-state index contributed by atoms with van der Waals surface area (Å²) in [5.41, 5.74) is 8.14. The molecule has 2 aromatic carbocycles. The average Bonchev–Trinajstić information content (AvgIpc) is 2.57. The molecule has 2 amide bonds. The number of amides is 2. The second kappa shape index (κ2) is 7.03. The Kier molecular flexibility index (Phi) is 4.83. The topological polar surface area (TPSA) is 81.4 Å². The number of halogens is 1. The number of benzene rings is 2. The lowest BCUT2D eigenvalue weighted by Gasteiger charge is -2.25. The van der Waals surface area contributed by atoms with Crippen molar-refractivity contribution >= 4 is 29.1 Å². The Morgan fingerprint density at radius 3 is 2.83 bits per heavy atom. The number of anilines is 1. The predicted molar refractivity (Wildman–Crippen MR) is 92.1 cm³/mol. The van der Waals surface area contributed by atoms with Crippen molar-refractivity contribution in [3.63, 3.8) is 0 Å². The highest BCUT2D eigenvalue weighted by Crippen LogP contribution is 2.30. The molecule has 24 heavy (non-hydrogen) atoms. The number of nitrogens with two attached hydrogens (primary N) is 1. The van der Waals surface area contributed by atoms with Crippen molar-refractivity contribution in [1.29, 1.82) is 0 Å². The molecule has 1 heterocycles. The van der Waals surface area contributed by atoms with E-state index in [1.165, 1.54) is 23.8 Å². The molecule has 0 aromatic heterocycles. The number of carbonyl (C=O) groups excluding carboxylic acids is 2. The van der Waals surface area contributed by atoms with Gasteiger partial charge in [0.15, 0.2) is 0 Å². The van der Waals surface area contributed by atoms with E-state index in [0.29, 0.717) is 17.3 Å². The van der Waals surface area contributed by atoms with Crippen LogP contribution in [0.25, 0.3) is 0 Å². The Morgan fingerprint density at radius 1 is 1.25 bits per heavy atom. The van der Waals surface area contributed by atoms with Gasteiger partial charge in [-0.3, -0.25) is 9.59 Å². The van der Waals surface area contributed by atoms with Gasteiger partial charge < -0.3 is 15.8 Å². The van der Waals surface area contributed by atoms with Gasteiger partial charge in [-0.1, -0.05) is 35.9 Å². The van der Waals surface area contributed by atoms with E-state index < -0.39 is 5.91 Å². The maximum atomic E-state index is 12.4. The molecule has 124 valence electrons. The molecule has 6 heteroatoms. The van der Waals surface area contributed by atoms with Crippen LogP contribution in [0.2, 0.25) is 5.02 Å². The minimum absolute atomic E-state index is 0.175. The van der Waals surface area contributed by atoms with E-state index in [-0.39, 0.29) is 24.0 Å². The summed E-state index contributed by atoms with van der Waals surface area (Å²) in [5.74, 6) is -0.813. The number of hydrogen-bond donors (Lipinski definition) is 2. The first-order chi connectivity index (χ1) is 11.5. The van der Waals surface area contributed by atoms with Gasteiger partial charge in [0, 0.05) is 5.56 Å². The lowest BCUT2D eigenvalue weighted by atomic mass is 9.95. The Hall–Kier alpha value is -2.37. The molecule has 1 aliphatic heterocycles. The molecule has 0 aliphatic carbocycles. The van der Waals surface area contributed by atoms with Crippen LogP contribution < -0.4 is 11.1 Å². The smallest absolute Gasteiger partial charge is 0.248 e. The SMILES string of the molecule is NC(=O)c1ccc(Cl)c(NC(=O)C[C@@H]2OCCc3ccccc32)c1. The summed E-state index contributed by atoms with van der Waals surface area (Å²) < 4.78 is 5.74. The van der Waals surface area contributed by atoms with E-state index in [2.05, 4.69) is 11.4 Å². The van der Waals surface area contributed by atoms with Crippen LogP contribution in [0.5, 0.6) is 0 Å². The first kappa shape index (κ1) is 16.5. The third-order valence-electron chi connectivity index (χ3n) is 3.99. The van der Waals surface area contributed by atoms with Crippen LogP contribution in [0.1, 0.15) is 34.0 Å². The number of nitrogens with one attached hydrogen (secondary N) is 1. The Morgan fingerprint density at radius 2 is 2.04 bits per heavy atom. The Bertz CT molecular complexity index is 792. The van der Waals surface area contributed by atoms with Crippen LogP contribution in [0.15, 0.2) is 42.5 Å². The highest BCUT2D eigenvalue weighted by atomic mass is 35.5. The van der Waals surface area contributed by atoms with E-state index in [1.807, 2.05) is 18.2 Å². The second-order valence-corrected chi connectivity index (χ2v) is 6.03. The van der Waals surface area contributed by atoms with Crippen molar-refractivity contribution in [3.05, 3.63) is 64.2 Å². The zero-order valence-corrected chi connectivity index (χ0v) is 13.7. The number of rotatable bonds is 4. The fourth-order valence-electron chi connectivity index (χ4n) is 2.79. The van der Waals surface area contributed by atoms with E-state index >= 15 is 0 Å². The minimum Gasteiger partial charge on any atom is -0.373 e. The lowest BCUT2D eigenvalue weighted by molar-refractivity contribution is -0.119. The molecule has 1 atom stereocenters. The van der Waals surface area contributed by atoms with Crippen LogP contribution in [0, 0.1) is 0 Å². The second-order valence-electron chi connectivity index (χ2n) is 5.62. The summed E-state index contributed by atoms with van der Waals surface area (Å²) in [5, 5.41) is 3.07. The molecule has 2 aromatic rings. The van der Waals surface area contributed by atoms with Crippen molar-refractivity contribution in [2.24, 2.45) is 5.73 Å². The molecule has 1 aliphatic rings. The summed E-state index contributed by atoms with van der Waals surface area (Å²) >= 11 is 6.07. The monoisotopic (exact) mass is 344 g/mol. The summed E-state index contributed by atoms with van der Waals surface area (Å²) in [7, 11) is 0. The van der Waals surface area contributed by atoms with E-state index in [9.17, 15) is 9.59 Å². The Balaban J connectivity index is 1.73. The van der Waals surface area contributed by atoms with Crippen molar-refractivity contribution in [2.45, 2.75) is 18.9 Å². The fourth-order valence-corrected chi connectivity index (χ4v) is 2.95. The molecule has 0 saturated heterocycles. The third kappa shape index (κ3) is 3.58. The zero-order chi connectivity index (χ0) is 17.1. The van der Waals surface area contributed by atoms with Gasteiger partial charge in [-0.15, -0.1) is 0 Å². The predicted octanol–water partition coefficient (Wildman–Crippen LogP) is 3.08. The van der Waals surface area contributed by atoms with Crippen molar-refractivity contribution in [1.82, 2.24) is 0 Å². The lowest BCUT2D eigenvalue weighted by Crippen LogP contribution is -2.22. The molecular formula is C18H17ClN2O3. The molecule has 0 spiro atoms. The van der Waals surface area contributed by atoms with E-state index in [0.717, 1.165) is 12.0 Å². The summed E-state index contributed by atoms with van der Waals surface area (Å²) in [6.07, 6.45) is 0.739. The van der Waals surface area contributed by atoms with Gasteiger partial charge in [0.1, 0.15) is 0 Å². The maximum absolute atomic E-state index is 12.4. The van der Waals surface area contributed by atoms with Crippen LogP contribution >= 0.6 is 11.6 Å². The maximum Gasteiger partial charge on any atom is 0.248 e. The van der Waals surface area contributed by atoms with Gasteiger partial charge in [0.25, 0.3) is 0 Å². The van der Waals surface area contributed by atoms with Crippen LogP contribution in [0.4, 0.5) is 5.69 Å². The van der Waals surface area contributed by atoms with Crippen molar-refractivity contribution in [2.75, 3.05) is 11.9 Å².